The lowest BCUT2D eigenvalue weighted by Gasteiger charge is -2.35. The molecular weight excluding hydrogens is 564 g/mol. The summed E-state index contributed by atoms with van der Waals surface area (Å²) >= 11 is 0. The van der Waals surface area contributed by atoms with Crippen molar-refractivity contribution in [1.82, 2.24) is 15.1 Å². The topological polar surface area (TPSA) is 116 Å². The molecule has 2 unspecified atom stereocenters. The minimum Gasteiger partial charge on any atom is -0.393 e. The summed E-state index contributed by atoms with van der Waals surface area (Å²) in [5, 5.41) is 15.4. The van der Waals surface area contributed by atoms with E-state index in [0.717, 1.165) is 41.2 Å². The van der Waals surface area contributed by atoms with Crippen molar-refractivity contribution in [3.8, 4) is 0 Å². The maximum absolute atomic E-state index is 14.4. The van der Waals surface area contributed by atoms with Crippen molar-refractivity contribution in [2.24, 2.45) is 5.73 Å². The highest BCUT2D eigenvalue weighted by Crippen LogP contribution is 2.22. The van der Waals surface area contributed by atoms with Crippen molar-refractivity contribution in [3.05, 3.63) is 96.1 Å². The highest BCUT2D eigenvalue weighted by Gasteiger charge is 2.36. The van der Waals surface area contributed by atoms with Crippen LogP contribution in [0.2, 0.25) is 0 Å². The van der Waals surface area contributed by atoms with Gasteiger partial charge in [-0.3, -0.25) is 14.4 Å². The first-order chi connectivity index (χ1) is 21.4. The highest BCUT2D eigenvalue weighted by atomic mass is 16.3. The van der Waals surface area contributed by atoms with Crippen molar-refractivity contribution >= 4 is 28.5 Å². The second-order valence-electron chi connectivity index (χ2n) is 13.1. The van der Waals surface area contributed by atoms with E-state index in [-0.39, 0.29) is 30.2 Å². The largest absolute Gasteiger partial charge is 0.393 e. The molecule has 0 spiro atoms. The number of rotatable bonds is 12. The van der Waals surface area contributed by atoms with Crippen molar-refractivity contribution in [3.63, 3.8) is 0 Å². The summed E-state index contributed by atoms with van der Waals surface area (Å²) in [5.74, 6) is -0.907. The maximum Gasteiger partial charge on any atom is 0.246 e. The summed E-state index contributed by atoms with van der Waals surface area (Å²) in [6.07, 6.45) is 6.71. The average Bonchev–Trinajstić information content (AvgIpc) is 3.01. The third-order valence-electron chi connectivity index (χ3n) is 8.63. The van der Waals surface area contributed by atoms with Crippen LogP contribution in [0, 0.1) is 0 Å². The Balaban J connectivity index is 1.63. The smallest absolute Gasteiger partial charge is 0.246 e. The molecule has 1 aliphatic rings. The zero-order chi connectivity index (χ0) is 32.6. The number of carbonyl (C=O) groups excluding carboxylic acids is 3. The summed E-state index contributed by atoms with van der Waals surface area (Å²) < 4.78 is 0. The van der Waals surface area contributed by atoms with E-state index in [4.69, 9.17) is 5.73 Å². The predicted molar refractivity (Wildman–Crippen MR) is 179 cm³/mol. The number of nitrogens with zero attached hydrogens (tertiary/aromatic N) is 2. The van der Waals surface area contributed by atoms with Crippen LogP contribution in [0.4, 0.5) is 0 Å². The molecule has 0 bridgehead atoms. The molecule has 1 saturated carbocycles. The Labute approximate surface area is 267 Å². The fraction of sp³-hybridized carbons (Fsp3) is 0.432. The van der Waals surface area contributed by atoms with Gasteiger partial charge in [0.2, 0.25) is 17.7 Å². The first-order valence-electron chi connectivity index (χ1n) is 15.9. The van der Waals surface area contributed by atoms with Gasteiger partial charge in [-0.1, -0.05) is 78.9 Å². The van der Waals surface area contributed by atoms with Crippen molar-refractivity contribution in [2.75, 3.05) is 14.1 Å². The zero-order valence-electron chi connectivity index (χ0n) is 27.0. The minimum absolute atomic E-state index is 0.155. The van der Waals surface area contributed by atoms with Gasteiger partial charge in [-0.25, -0.2) is 0 Å². The van der Waals surface area contributed by atoms with Crippen LogP contribution < -0.4 is 11.1 Å². The fourth-order valence-electron chi connectivity index (χ4n) is 5.94. The molecule has 0 saturated heterocycles. The molecule has 3 aromatic carbocycles. The molecule has 4 rings (SSSR count). The number of amides is 3. The second-order valence-corrected chi connectivity index (χ2v) is 13.1. The molecule has 8 heteroatoms. The summed E-state index contributed by atoms with van der Waals surface area (Å²) in [7, 11) is 3.27. The van der Waals surface area contributed by atoms with E-state index in [1.54, 1.807) is 20.2 Å². The van der Waals surface area contributed by atoms with Gasteiger partial charge in [0.25, 0.3) is 0 Å². The van der Waals surface area contributed by atoms with Crippen molar-refractivity contribution in [2.45, 2.75) is 88.6 Å². The fourth-order valence-corrected chi connectivity index (χ4v) is 5.94. The number of likely N-dealkylation sites (N-methyl/N-ethyl adjacent to an activating group) is 2. The summed E-state index contributed by atoms with van der Waals surface area (Å²) in [5.41, 5.74) is 7.46. The monoisotopic (exact) mass is 612 g/mol. The lowest BCUT2D eigenvalue weighted by Crippen LogP contribution is -2.57. The number of hydrogen-bond donors (Lipinski definition) is 3. The molecule has 3 amide bonds. The van der Waals surface area contributed by atoms with E-state index in [2.05, 4.69) is 5.32 Å². The van der Waals surface area contributed by atoms with Crippen LogP contribution in [-0.2, 0) is 27.2 Å². The van der Waals surface area contributed by atoms with Crippen LogP contribution in [0.3, 0.4) is 0 Å². The van der Waals surface area contributed by atoms with Crippen molar-refractivity contribution < 1.29 is 19.5 Å². The van der Waals surface area contributed by atoms with Crippen LogP contribution in [0.15, 0.2) is 84.9 Å². The molecule has 8 nitrogen and oxygen atoms in total. The summed E-state index contributed by atoms with van der Waals surface area (Å²) in [6, 6.07) is 21.8. The molecule has 4 N–H and O–H groups in total. The maximum atomic E-state index is 14.4. The molecule has 0 aromatic heterocycles. The number of benzene rings is 3. The Morgan fingerprint density at radius 1 is 0.911 bits per heavy atom. The van der Waals surface area contributed by atoms with Crippen LogP contribution in [-0.4, -0.2) is 76.5 Å². The standard InChI is InChI=1S/C37H48N4O4/c1-37(2,38)21-11-18-34(43)40(3)33(24-27-19-20-28-14-8-9-15-29(28)22-27)36(45)41(4)32(23-26-12-6-5-7-13-26)35(44)39-30-16-10-17-31(42)25-30/h5-9,11-15,18-20,22,30-33,42H,10,16-17,21,23-25,38H2,1-4H3,(H,39,44)/b18-11+/t30?,31?,32-,33-/m1/s1. The predicted octanol–water partition coefficient (Wildman–Crippen LogP) is 4.38. The molecule has 0 aliphatic heterocycles. The van der Waals surface area contributed by atoms with Gasteiger partial charge in [0.1, 0.15) is 12.1 Å². The number of aliphatic hydroxyl groups is 1. The van der Waals surface area contributed by atoms with E-state index in [0.29, 0.717) is 19.3 Å². The second kappa shape index (κ2) is 15.3. The lowest BCUT2D eigenvalue weighted by molar-refractivity contribution is -0.146. The van der Waals surface area contributed by atoms with E-state index in [1.165, 1.54) is 15.9 Å². The number of nitrogens with two attached hydrogens (primary N) is 1. The van der Waals surface area contributed by atoms with Gasteiger partial charge < -0.3 is 26.0 Å². The average molecular weight is 613 g/mol. The van der Waals surface area contributed by atoms with E-state index >= 15 is 0 Å². The first-order valence-corrected chi connectivity index (χ1v) is 15.9. The van der Waals surface area contributed by atoms with Gasteiger partial charge in [-0.05, 0) is 73.9 Å². The minimum atomic E-state index is -0.859. The number of aliphatic hydroxyl groups excluding tert-OH is 1. The molecule has 0 heterocycles. The van der Waals surface area contributed by atoms with Crippen LogP contribution in [0.25, 0.3) is 10.8 Å². The summed E-state index contributed by atoms with van der Waals surface area (Å²) in [6.45, 7) is 3.77. The van der Waals surface area contributed by atoms with Gasteiger partial charge in [-0.2, -0.15) is 0 Å². The van der Waals surface area contributed by atoms with Gasteiger partial charge in [0, 0.05) is 38.5 Å². The van der Waals surface area contributed by atoms with Gasteiger partial charge in [0.15, 0.2) is 0 Å². The van der Waals surface area contributed by atoms with Crippen LogP contribution in [0.5, 0.6) is 0 Å². The van der Waals surface area contributed by atoms with Gasteiger partial charge in [0.05, 0.1) is 6.10 Å². The molecular formula is C37H48N4O4. The van der Waals surface area contributed by atoms with Crippen LogP contribution >= 0.6 is 0 Å². The van der Waals surface area contributed by atoms with Gasteiger partial charge >= 0.3 is 0 Å². The molecule has 45 heavy (non-hydrogen) atoms. The summed E-state index contributed by atoms with van der Waals surface area (Å²) in [4.78, 5) is 44.6. The van der Waals surface area contributed by atoms with E-state index in [9.17, 15) is 19.5 Å². The Kier molecular flexibility index (Phi) is 11.5. The molecule has 1 aliphatic carbocycles. The Morgan fingerprint density at radius 3 is 2.27 bits per heavy atom. The third-order valence-corrected chi connectivity index (χ3v) is 8.63. The van der Waals surface area contributed by atoms with Crippen LogP contribution in [0.1, 0.15) is 57.1 Å². The molecule has 3 aromatic rings. The number of fused-ring (bicyclic) bond motifs is 1. The zero-order valence-corrected chi connectivity index (χ0v) is 27.0. The molecule has 1 fully saturated rings. The lowest BCUT2D eigenvalue weighted by atomic mass is 9.92. The van der Waals surface area contributed by atoms with E-state index in [1.807, 2.05) is 86.6 Å². The SMILES string of the molecule is CN(C(=O)/C=C/CC(C)(C)N)[C@H](Cc1ccc2ccccc2c1)C(=O)N(C)[C@H](Cc1ccccc1)C(=O)NC1CCCC(O)C1. The quantitative estimate of drug-likeness (QED) is 0.263. The highest BCUT2D eigenvalue weighted by molar-refractivity contribution is 5.95. The molecule has 240 valence electrons. The number of hydrogen-bond acceptors (Lipinski definition) is 5. The Morgan fingerprint density at radius 2 is 1.58 bits per heavy atom. The number of carbonyl (C=O) groups is 3. The Hall–Kier alpha value is -4.01. The molecule has 4 atom stereocenters. The number of nitrogens with one attached hydrogen (secondary N) is 1. The normalized spacial score (nSPS) is 18.4. The Bertz CT molecular complexity index is 1480. The van der Waals surface area contributed by atoms with Gasteiger partial charge in [-0.15, -0.1) is 0 Å². The third kappa shape index (κ3) is 9.74. The molecule has 0 radical (unpaired) electrons. The first kappa shape index (κ1) is 33.9. The van der Waals surface area contributed by atoms with Crippen molar-refractivity contribution in [1.29, 1.82) is 0 Å². The van der Waals surface area contributed by atoms with E-state index < -0.39 is 23.7 Å².